The number of likely N-dealkylation sites (tertiary alicyclic amines) is 1. The fourth-order valence-corrected chi connectivity index (χ4v) is 3.90. The van der Waals surface area contributed by atoms with Crippen LogP contribution in [0.5, 0.6) is 0 Å². The fraction of sp³-hybridized carbons (Fsp3) is 0.667. The van der Waals surface area contributed by atoms with Crippen LogP contribution >= 0.6 is 0 Å². The summed E-state index contributed by atoms with van der Waals surface area (Å²) in [5, 5.41) is 3.56. The first kappa shape index (κ1) is 16.8. The smallest absolute Gasteiger partial charge is 0.310 e. The van der Waals surface area contributed by atoms with Gasteiger partial charge in [0.2, 0.25) is 0 Å². The molecule has 1 aromatic carbocycles. The van der Waals surface area contributed by atoms with Gasteiger partial charge >= 0.3 is 6.18 Å². The lowest BCUT2D eigenvalue weighted by Crippen LogP contribution is -2.35. The normalized spacial score (nSPS) is 24.2. The number of benzene rings is 1. The van der Waals surface area contributed by atoms with Crippen LogP contribution in [-0.4, -0.2) is 37.3 Å². The Morgan fingerprint density at radius 3 is 2.35 bits per heavy atom. The van der Waals surface area contributed by atoms with E-state index in [-0.39, 0.29) is 6.54 Å². The van der Waals surface area contributed by atoms with Crippen LogP contribution in [0.15, 0.2) is 24.3 Å². The Kier molecular flexibility index (Phi) is 5.27. The maximum absolute atomic E-state index is 12.3. The Morgan fingerprint density at radius 1 is 1.04 bits per heavy atom. The Hall–Kier alpha value is -1.07. The number of piperidine rings is 1. The van der Waals surface area contributed by atoms with Crippen LogP contribution in [0.1, 0.15) is 55.2 Å². The molecule has 2 aliphatic heterocycles. The molecule has 0 amide bonds. The Balaban J connectivity index is 1.59. The Morgan fingerprint density at radius 2 is 1.74 bits per heavy atom. The van der Waals surface area contributed by atoms with Gasteiger partial charge < -0.3 is 10.2 Å². The standard InChI is InChI=1S/C18H25F3N2/c19-18(20,21)9-13-23-11-7-14(8-12-23)15-4-1-2-5-16(15)17-6-3-10-22-17/h1-2,4-5,14,17,22H,3,6-13H2/t17-/m1/s1. The van der Waals surface area contributed by atoms with Crippen LogP contribution < -0.4 is 5.32 Å². The summed E-state index contributed by atoms with van der Waals surface area (Å²) in [4.78, 5) is 1.96. The largest absolute Gasteiger partial charge is 0.390 e. The number of nitrogens with one attached hydrogen (secondary N) is 1. The van der Waals surface area contributed by atoms with E-state index in [0.29, 0.717) is 12.0 Å². The van der Waals surface area contributed by atoms with Gasteiger partial charge in [-0.05, 0) is 62.4 Å². The van der Waals surface area contributed by atoms with Gasteiger partial charge in [0.1, 0.15) is 0 Å². The van der Waals surface area contributed by atoms with Crippen molar-refractivity contribution < 1.29 is 13.2 Å². The lowest BCUT2D eigenvalue weighted by molar-refractivity contribution is -0.138. The highest BCUT2D eigenvalue weighted by Gasteiger charge is 2.30. The van der Waals surface area contributed by atoms with Gasteiger partial charge in [-0.2, -0.15) is 13.2 Å². The third kappa shape index (κ3) is 4.48. The third-order valence-corrected chi connectivity index (χ3v) is 5.17. The molecule has 0 aliphatic carbocycles. The van der Waals surface area contributed by atoms with E-state index in [1.54, 1.807) is 0 Å². The lowest BCUT2D eigenvalue weighted by atomic mass is 9.84. The average Bonchev–Trinajstić information content (AvgIpc) is 3.07. The van der Waals surface area contributed by atoms with Crippen LogP contribution in [0.3, 0.4) is 0 Å². The molecule has 3 rings (SSSR count). The van der Waals surface area contributed by atoms with E-state index in [9.17, 15) is 13.2 Å². The summed E-state index contributed by atoms with van der Waals surface area (Å²) in [6, 6.07) is 9.07. The van der Waals surface area contributed by atoms with Crippen LogP contribution in [0.25, 0.3) is 0 Å². The van der Waals surface area contributed by atoms with Crippen molar-refractivity contribution >= 4 is 0 Å². The molecular weight excluding hydrogens is 301 g/mol. The van der Waals surface area contributed by atoms with Gasteiger partial charge in [-0.3, -0.25) is 0 Å². The number of alkyl halides is 3. The monoisotopic (exact) mass is 326 g/mol. The molecule has 0 bridgehead atoms. The van der Waals surface area contributed by atoms with Crippen molar-refractivity contribution in [1.82, 2.24) is 10.2 Å². The first-order chi connectivity index (χ1) is 11.0. The maximum atomic E-state index is 12.3. The quantitative estimate of drug-likeness (QED) is 0.890. The van der Waals surface area contributed by atoms with Crippen LogP contribution in [0, 0.1) is 0 Å². The minimum absolute atomic E-state index is 0.141. The van der Waals surface area contributed by atoms with Crippen molar-refractivity contribution in [2.45, 2.75) is 50.2 Å². The fourth-order valence-electron chi connectivity index (χ4n) is 3.90. The molecule has 1 N–H and O–H groups in total. The van der Waals surface area contributed by atoms with E-state index >= 15 is 0 Å². The summed E-state index contributed by atoms with van der Waals surface area (Å²) in [6.45, 7) is 2.76. The highest BCUT2D eigenvalue weighted by molar-refractivity contribution is 5.34. The number of hydrogen-bond acceptors (Lipinski definition) is 2. The molecule has 0 radical (unpaired) electrons. The number of hydrogen-bond donors (Lipinski definition) is 1. The summed E-state index contributed by atoms with van der Waals surface area (Å²) >= 11 is 0. The van der Waals surface area contributed by atoms with E-state index in [1.807, 2.05) is 4.90 Å². The minimum Gasteiger partial charge on any atom is -0.310 e. The molecule has 1 atom stereocenters. The Labute approximate surface area is 136 Å². The molecule has 0 saturated carbocycles. The molecule has 128 valence electrons. The first-order valence-corrected chi connectivity index (χ1v) is 8.64. The average molecular weight is 326 g/mol. The summed E-state index contributed by atoms with van der Waals surface area (Å²) < 4.78 is 37.0. The molecule has 5 heteroatoms. The predicted octanol–water partition coefficient (Wildman–Crippen LogP) is 4.24. The Bertz CT molecular complexity index is 501. The zero-order valence-corrected chi connectivity index (χ0v) is 13.4. The van der Waals surface area contributed by atoms with Crippen molar-refractivity contribution in [3.05, 3.63) is 35.4 Å². The molecule has 2 fully saturated rings. The third-order valence-electron chi connectivity index (χ3n) is 5.17. The van der Waals surface area contributed by atoms with Gasteiger partial charge in [-0.1, -0.05) is 24.3 Å². The minimum atomic E-state index is -4.04. The van der Waals surface area contributed by atoms with E-state index in [4.69, 9.17) is 0 Å². The molecular formula is C18H25F3N2. The van der Waals surface area contributed by atoms with Crippen molar-refractivity contribution in [3.63, 3.8) is 0 Å². The van der Waals surface area contributed by atoms with Crippen LogP contribution in [0.4, 0.5) is 13.2 Å². The molecule has 23 heavy (non-hydrogen) atoms. The molecule has 2 heterocycles. The van der Waals surface area contributed by atoms with Gasteiger partial charge in [0.25, 0.3) is 0 Å². The highest BCUT2D eigenvalue weighted by Crippen LogP contribution is 2.35. The topological polar surface area (TPSA) is 15.3 Å². The lowest BCUT2D eigenvalue weighted by Gasteiger charge is -2.33. The van der Waals surface area contributed by atoms with E-state index < -0.39 is 12.6 Å². The maximum Gasteiger partial charge on any atom is 0.390 e. The molecule has 2 aliphatic rings. The van der Waals surface area contributed by atoms with E-state index in [0.717, 1.165) is 32.5 Å². The van der Waals surface area contributed by atoms with Crippen LogP contribution in [-0.2, 0) is 0 Å². The predicted molar refractivity (Wildman–Crippen MR) is 85.5 cm³/mol. The van der Waals surface area contributed by atoms with Gasteiger partial charge in [-0.25, -0.2) is 0 Å². The molecule has 2 nitrogen and oxygen atoms in total. The first-order valence-electron chi connectivity index (χ1n) is 8.64. The summed E-state index contributed by atoms with van der Waals surface area (Å²) in [6.07, 6.45) is -0.419. The number of rotatable bonds is 4. The molecule has 0 aromatic heterocycles. The van der Waals surface area contributed by atoms with Gasteiger partial charge in [0.15, 0.2) is 0 Å². The van der Waals surface area contributed by atoms with Gasteiger partial charge in [-0.15, -0.1) is 0 Å². The van der Waals surface area contributed by atoms with Crippen molar-refractivity contribution in [1.29, 1.82) is 0 Å². The molecule has 0 spiro atoms. The number of halogens is 3. The molecule has 1 aromatic rings. The summed E-state index contributed by atoms with van der Waals surface area (Å²) in [5.74, 6) is 0.482. The molecule has 0 unspecified atom stereocenters. The van der Waals surface area contributed by atoms with Crippen molar-refractivity contribution in [3.8, 4) is 0 Å². The van der Waals surface area contributed by atoms with Crippen molar-refractivity contribution in [2.75, 3.05) is 26.2 Å². The zero-order valence-electron chi connectivity index (χ0n) is 13.4. The second-order valence-corrected chi connectivity index (χ2v) is 6.76. The highest BCUT2D eigenvalue weighted by atomic mass is 19.4. The zero-order chi connectivity index (χ0) is 16.3. The van der Waals surface area contributed by atoms with Gasteiger partial charge in [0, 0.05) is 12.6 Å². The summed E-state index contributed by atoms with van der Waals surface area (Å²) in [5.41, 5.74) is 2.81. The second-order valence-electron chi connectivity index (χ2n) is 6.76. The SMILES string of the molecule is FC(F)(F)CCN1CCC(c2ccccc2[C@H]2CCCN2)CC1. The van der Waals surface area contributed by atoms with Crippen molar-refractivity contribution in [2.24, 2.45) is 0 Å². The van der Waals surface area contributed by atoms with Crippen LogP contribution in [0.2, 0.25) is 0 Å². The number of nitrogens with zero attached hydrogens (tertiary/aromatic N) is 1. The molecule has 2 saturated heterocycles. The van der Waals surface area contributed by atoms with Gasteiger partial charge in [0.05, 0.1) is 6.42 Å². The summed E-state index contributed by atoms with van der Waals surface area (Å²) in [7, 11) is 0. The van der Waals surface area contributed by atoms with E-state index in [1.165, 1.54) is 24.0 Å². The van der Waals surface area contributed by atoms with E-state index in [2.05, 4.69) is 29.6 Å². The second kappa shape index (κ2) is 7.22.